The van der Waals surface area contributed by atoms with Crippen LogP contribution in [0.15, 0.2) is 12.3 Å². The van der Waals surface area contributed by atoms with Gasteiger partial charge >= 0.3 is 0 Å². The van der Waals surface area contributed by atoms with Gasteiger partial charge in [-0.3, -0.25) is 9.58 Å². The summed E-state index contributed by atoms with van der Waals surface area (Å²) >= 11 is 0. The van der Waals surface area contributed by atoms with Gasteiger partial charge in [-0.2, -0.15) is 5.10 Å². The lowest BCUT2D eigenvalue weighted by Gasteiger charge is -2.35. The highest BCUT2D eigenvalue weighted by Crippen LogP contribution is 2.22. The molecule has 0 unspecified atom stereocenters. The van der Waals surface area contributed by atoms with Crippen molar-refractivity contribution in [3.8, 4) is 0 Å². The third-order valence-corrected chi connectivity index (χ3v) is 4.40. The van der Waals surface area contributed by atoms with Crippen LogP contribution in [0, 0.1) is 0 Å². The zero-order valence-electron chi connectivity index (χ0n) is 13.6. The van der Waals surface area contributed by atoms with Gasteiger partial charge < -0.3 is 9.84 Å². The fourth-order valence-corrected chi connectivity index (χ4v) is 3.07. The molecule has 1 aliphatic heterocycles. The molecule has 0 aliphatic carbocycles. The molecule has 1 aliphatic rings. The normalized spacial score (nSPS) is 18.6. The maximum absolute atomic E-state index is 10.5. The molecule has 0 amide bonds. The number of nitrogens with zero attached hydrogens (tertiary/aromatic N) is 3. The smallest absolute Gasteiger partial charge is 0.0817 e. The number of rotatable bonds is 7. The van der Waals surface area contributed by atoms with E-state index in [4.69, 9.17) is 4.74 Å². The van der Waals surface area contributed by atoms with Crippen molar-refractivity contribution in [2.75, 3.05) is 26.8 Å². The summed E-state index contributed by atoms with van der Waals surface area (Å²) in [5.74, 6) is 0. The summed E-state index contributed by atoms with van der Waals surface area (Å²) in [5.41, 5.74) is 0.463. The van der Waals surface area contributed by atoms with Crippen molar-refractivity contribution in [3.05, 3.63) is 18.0 Å². The molecule has 1 fully saturated rings. The van der Waals surface area contributed by atoms with Crippen LogP contribution in [0.3, 0.4) is 0 Å². The largest absolute Gasteiger partial charge is 0.388 e. The van der Waals surface area contributed by atoms with Gasteiger partial charge in [0.1, 0.15) is 0 Å². The van der Waals surface area contributed by atoms with Gasteiger partial charge in [-0.25, -0.2) is 0 Å². The van der Waals surface area contributed by atoms with Crippen LogP contribution in [0.5, 0.6) is 0 Å². The predicted molar refractivity (Wildman–Crippen MR) is 83.2 cm³/mol. The van der Waals surface area contributed by atoms with E-state index in [-0.39, 0.29) is 0 Å². The number of likely N-dealkylation sites (N-methyl/N-ethyl adjacent to an activating group) is 1. The van der Waals surface area contributed by atoms with Crippen LogP contribution in [-0.4, -0.2) is 52.2 Å². The van der Waals surface area contributed by atoms with Gasteiger partial charge in [-0.15, -0.1) is 0 Å². The summed E-state index contributed by atoms with van der Waals surface area (Å²) in [6, 6.07) is 2.58. The van der Waals surface area contributed by atoms with Gasteiger partial charge in [0.15, 0.2) is 0 Å². The Morgan fingerprint density at radius 2 is 2.05 bits per heavy atom. The van der Waals surface area contributed by atoms with Crippen molar-refractivity contribution in [3.63, 3.8) is 0 Å². The summed E-state index contributed by atoms with van der Waals surface area (Å²) in [5, 5.41) is 15.2. The second kappa shape index (κ2) is 7.38. The topological polar surface area (TPSA) is 50.5 Å². The first-order chi connectivity index (χ1) is 10.1. The number of aromatic nitrogens is 2. The molecule has 1 aromatic heterocycles. The Morgan fingerprint density at radius 1 is 1.38 bits per heavy atom. The highest BCUT2D eigenvalue weighted by molar-refractivity contribution is 5.00. The second-order valence-electron chi connectivity index (χ2n) is 6.27. The van der Waals surface area contributed by atoms with Gasteiger partial charge in [0, 0.05) is 45.3 Å². The molecule has 5 heteroatoms. The lowest BCUT2D eigenvalue weighted by atomic mass is 9.94. The highest BCUT2D eigenvalue weighted by Gasteiger charge is 2.31. The maximum atomic E-state index is 10.5. The average Bonchev–Trinajstić information content (AvgIpc) is 2.88. The van der Waals surface area contributed by atoms with Crippen molar-refractivity contribution in [2.24, 2.45) is 0 Å². The third-order valence-electron chi connectivity index (χ3n) is 4.40. The molecule has 0 radical (unpaired) electrons. The SMILES string of the molecule is CCC(CC)n1ccc(CN(C)CC2(O)CCOCC2)n1. The molecule has 0 atom stereocenters. The van der Waals surface area contributed by atoms with Gasteiger partial charge in [0.25, 0.3) is 0 Å². The molecule has 21 heavy (non-hydrogen) atoms. The third kappa shape index (κ3) is 4.53. The van der Waals surface area contributed by atoms with Crippen LogP contribution in [-0.2, 0) is 11.3 Å². The van der Waals surface area contributed by atoms with E-state index in [1.807, 2.05) is 7.05 Å². The monoisotopic (exact) mass is 295 g/mol. The number of ether oxygens (including phenoxy) is 1. The first-order valence-electron chi connectivity index (χ1n) is 8.09. The van der Waals surface area contributed by atoms with Crippen molar-refractivity contribution >= 4 is 0 Å². The second-order valence-corrected chi connectivity index (χ2v) is 6.27. The van der Waals surface area contributed by atoms with Gasteiger partial charge in [0.2, 0.25) is 0 Å². The quantitative estimate of drug-likeness (QED) is 0.838. The minimum Gasteiger partial charge on any atom is -0.388 e. The minimum absolute atomic E-state index is 0.490. The Kier molecular flexibility index (Phi) is 5.79. The fraction of sp³-hybridized carbons (Fsp3) is 0.812. The van der Waals surface area contributed by atoms with E-state index in [0.717, 1.165) is 37.9 Å². The van der Waals surface area contributed by atoms with E-state index in [9.17, 15) is 5.11 Å². The van der Waals surface area contributed by atoms with Crippen molar-refractivity contribution < 1.29 is 9.84 Å². The zero-order chi connectivity index (χ0) is 15.3. The summed E-state index contributed by atoms with van der Waals surface area (Å²) in [6.07, 6.45) is 5.73. The summed E-state index contributed by atoms with van der Waals surface area (Å²) in [4.78, 5) is 2.16. The first-order valence-corrected chi connectivity index (χ1v) is 8.09. The van der Waals surface area contributed by atoms with Gasteiger partial charge in [0.05, 0.1) is 17.3 Å². The molecule has 0 saturated carbocycles. The Labute approximate surface area is 127 Å². The van der Waals surface area contributed by atoms with Crippen LogP contribution < -0.4 is 0 Å². The van der Waals surface area contributed by atoms with Crippen molar-refractivity contribution in [1.82, 2.24) is 14.7 Å². The molecule has 120 valence electrons. The lowest BCUT2D eigenvalue weighted by molar-refractivity contribution is -0.0778. The van der Waals surface area contributed by atoms with Crippen molar-refractivity contribution in [1.29, 1.82) is 0 Å². The average molecular weight is 295 g/mol. The molecule has 0 spiro atoms. The van der Waals surface area contributed by atoms with Crippen LogP contribution in [0.2, 0.25) is 0 Å². The predicted octanol–water partition coefficient (Wildman–Crippen LogP) is 2.22. The van der Waals surface area contributed by atoms with Crippen LogP contribution in [0.4, 0.5) is 0 Å². The Hall–Kier alpha value is -0.910. The van der Waals surface area contributed by atoms with E-state index in [0.29, 0.717) is 25.8 Å². The molecular weight excluding hydrogens is 266 g/mol. The maximum Gasteiger partial charge on any atom is 0.0817 e. The van der Waals surface area contributed by atoms with E-state index in [2.05, 4.69) is 40.8 Å². The molecule has 0 aromatic carbocycles. The molecule has 0 bridgehead atoms. The molecule has 5 nitrogen and oxygen atoms in total. The molecule has 1 aromatic rings. The number of hydrogen-bond donors (Lipinski definition) is 1. The van der Waals surface area contributed by atoms with Crippen LogP contribution >= 0.6 is 0 Å². The Balaban J connectivity index is 1.89. The number of aliphatic hydroxyl groups is 1. The highest BCUT2D eigenvalue weighted by atomic mass is 16.5. The van der Waals surface area contributed by atoms with Gasteiger partial charge in [-0.05, 0) is 26.0 Å². The lowest BCUT2D eigenvalue weighted by Crippen LogP contribution is -2.45. The van der Waals surface area contributed by atoms with E-state index < -0.39 is 5.60 Å². The van der Waals surface area contributed by atoms with E-state index in [1.54, 1.807) is 0 Å². The Bertz CT molecular complexity index is 423. The Morgan fingerprint density at radius 3 is 2.67 bits per heavy atom. The summed E-state index contributed by atoms with van der Waals surface area (Å²) in [7, 11) is 2.05. The first kappa shape index (κ1) is 16.5. The summed E-state index contributed by atoms with van der Waals surface area (Å²) in [6.45, 7) is 7.16. The molecule has 1 N–H and O–H groups in total. The van der Waals surface area contributed by atoms with Crippen molar-refractivity contribution in [2.45, 2.75) is 57.7 Å². The minimum atomic E-state index is -0.606. The molecular formula is C16H29N3O2. The molecule has 2 heterocycles. The van der Waals surface area contributed by atoms with E-state index in [1.165, 1.54) is 0 Å². The standard InChI is InChI=1S/C16H29N3O2/c1-4-15(5-2)19-9-6-14(17-19)12-18(3)13-16(20)7-10-21-11-8-16/h6,9,15,20H,4-5,7-8,10-13H2,1-3H3. The molecule has 1 saturated heterocycles. The van der Waals surface area contributed by atoms with Crippen LogP contribution in [0.25, 0.3) is 0 Å². The molecule has 2 rings (SSSR count). The van der Waals surface area contributed by atoms with Crippen LogP contribution in [0.1, 0.15) is 51.3 Å². The number of hydrogen-bond acceptors (Lipinski definition) is 4. The van der Waals surface area contributed by atoms with Gasteiger partial charge in [-0.1, -0.05) is 13.8 Å². The van der Waals surface area contributed by atoms with E-state index >= 15 is 0 Å². The zero-order valence-corrected chi connectivity index (χ0v) is 13.6. The fourth-order valence-electron chi connectivity index (χ4n) is 3.07. The summed E-state index contributed by atoms with van der Waals surface area (Å²) < 4.78 is 7.40.